The molecule has 2 saturated heterocycles. The lowest BCUT2D eigenvalue weighted by molar-refractivity contribution is -0.0855. The van der Waals surface area contributed by atoms with Crippen LogP contribution in [0.5, 0.6) is 0 Å². The van der Waals surface area contributed by atoms with Crippen LogP contribution in [0.1, 0.15) is 23.2 Å². The van der Waals surface area contributed by atoms with E-state index in [1.165, 1.54) is 16.4 Å². The van der Waals surface area contributed by atoms with Crippen molar-refractivity contribution in [3.05, 3.63) is 29.8 Å². The Hall–Kier alpha value is -1.52. The number of nitrogens with two attached hydrogens (primary N) is 1. The van der Waals surface area contributed by atoms with Crippen molar-refractivity contribution in [2.75, 3.05) is 39.5 Å². The Labute approximate surface area is 153 Å². The largest absolute Gasteiger partial charge is 0.376 e. The number of carbonyl (C=O) groups is 1. The quantitative estimate of drug-likeness (QED) is 0.737. The van der Waals surface area contributed by atoms with E-state index in [2.05, 4.69) is 5.32 Å². The molecule has 0 radical (unpaired) electrons. The number of nitrogens with one attached hydrogen (secondary N) is 1. The number of rotatable bonds is 5. The molecule has 3 N–H and O–H groups in total. The maximum atomic E-state index is 12.8. The van der Waals surface area contributed by atoms with Crippen molar-refractivity contribution in [2.24, 2.45) is 5.73 Å². The first-order valence-electron chi connectivity index (χ1n) is 8.80. The van der Waals surface area contributed by atoms with Gasteiger partial charge in [-0.15, -0.1) is 0 Å². The summed E-state index contributed by atoms with van der Waals surface area (Å²) in [4.78, 5) is 12.5. The zero-order valence-electron chi connectivity index (χ0n) is 14.6. The van der Waals surface area contributed by atoms with Gasteiger partial charge in [0.05, 0.1) is 30.8 Å². The van der Waals surface area contributed by atoms with Gasteiger partial charge in [0.2, 0.25) is 10.0 Å². The Kier molecular flexibility index (Phi) is 6.25. The number of piperidine rings is 1. The highest BCUT2D eigenvalue weighted by molar-refractivity contribution is 7.89. The molecule has 1 atom stereocenters. The highest BCUT2D eigenvalue weighted by Gasteiger charge is 2.28. The predicted molar refractivity (Wildman–Crippen MR) is 95.3 cm³/mol. The van der Waals surface area contributed by atoms with Gasteiger partial charge < -0.3 is 20.5 Å². The van der Waals surface area contributed by atoms with Crippen LogP contribution < -0.4 is 11.1 Å². The minimum absolute atomic E-state index is 0.0459. The summed E-state index contributed by atoms with van der Waals surface area (Å²) in [5, 5.41) is 2.76. The molecule has 2 fully saturated rings. The van der Waals surface area contributed by atoms with Gasteiger partial charge in [0.15, 0.2) is 0 Å². The molecule has 144 valence electrons. The molecule has 2 heterocycles. The monoisotopic (exact) mass is 383 g/mol. The maximum absolute atomic E-state index is 12.8. The van der Waals surface area contributed by atoms with Crippen LogP contribution in [0.2, 0.25) is 0 Å². The van der Waals surface area contributed by atoms with E-state index in [1.807, 2.05) is 0 Å². The van der Waals surface area contributed by atoms with Gasteiger partial charge in [-0.2, -0.15) is 4.31 Å². The summed E-state index contributed by atoms with van der Waals surface area (Å²) in [6, 6.07) is 6.15. The van der Waals surface area contributed by atoms with Crippen molar-refractivity contribution in [1.29, 1.82) is 0 Å². The Bertz CT molecular complexity index is 726. The van der Waals surface area contributed by atoms with Crippen LogP contribution in [0.4, 0.5) is 0 Å². The number of amides is 1. The second kappa shape index (κ2) is 8.45. The summed E-state index contributed by atoms with van der Waals surface area (Å²) in [6.07, 6.45) is 1.10. The fraction of sp³-hybridized carbons (Fsp3) is 0.588. The van der Waals surface area contributed by atoms with Crippen molar-refractivity contribution < 1.29 is 22.7 Å². The lowest BCUT2D eigenvalue weighted by atomic mass is 10.1. The molecular formula is C17H25N3O5S. The van der Waals surface area contributed by atoms with E-state index >= 15 is 0 Å². The first kappa shape index (κ1) is 19.2. The molecule has 1 amide bonds. The molecule has 0 spiro atoms. The average Bonchev–Trinajstić information content (AvgIpc) is 2.67. The van der Waals surface area contributed by atoms with Gasteiger partial charge >= 0.3 is 0 Å². The summed E-state index contributed by atoms with van der Waals surface area (Å²) >= 11 is 0. The molecular weight excluding hydrogens is 358 g/mol. The van der Waals surface area contributed by atoms with Crippen LogP contribution in [0.25, 0.3) is 0 Å². The number of ether oxygens (including phenoxy) is 2. The second-order valence-corrected chi connectivity index (χ2v) is 8.49. The zero-order valence-corrected chi connectivity index (χ0v) is 15.4. The third-order valence-electron chi connectivity index (χ3n) is 4.61. The second-order valence-electron chi connectivity index (χ2n) is 6.55. The molecule has 1 aromatic carbocycles. The van der Waals surface area contributed by atoms with Gasteiger partial charge in [-0.05, 0) is 31.0 Å². The minimum Gasteiger partial charge on any atom is -0.376 e. The van der Waals surface area contributed by atoms with Crippen LogP contribution in [0.15, 0.2) is 29.2 Å². The number of hydrogen-bond acceptors (Lipinski definition) is 6. The summed E-state index contributed by atoms with van der Waals surface area (Å²) in [6.45, 7) is 2.63. The third-order valence-corrected chi connectivity index (χ3v) is 6.50. The third kappa shape index (κ3) is 4.60. The lowest BCUT2D eigenvalue weighted by Crippen LogP contribution is -2.42. The normalized spacial score (nSPS) is 22.9. The summed E-state index contributed by atoms with van der Waals surface area (Å²) in [5.74, 6) is -0.336. The van der Waals surface area contributed by atoms with Crippen LogP contribution in [-0.4, -0.2) is 70.2 Å². The summed E-state index contributed by atoms with van der Waals surface area (Å²) < 4.78 is 37.8. The fourth-order valence-corrected chi connectivity index (χ4v) is 4.54. The Morgan fingerprint density at radius 3 is 2.73 bits per heavy atom. The standard InChI is InChI=1S/C17H25N3O5S/c18-14-4-6-20(7-5-14)26(22,23)16-3-1-2-13(10-16)17(21)19-11-15-12-24-8-9-25-15/h1-3,10,14-15H,4-9,11-12,18H2,(H,19,21). The molecule has 1 unspecified atom stereocenters. The highest BCUT2D eigenvalue weighted by Crippen LogP contribution is 2.21. The van der Waals surface area contributed by atoms with Crippen LogP contribution >= 0.6 is 0 Å². The van der Waals surface area contributed by atoms with Crippen molar-refractivity contribution >= 4 is 15.9 Å². The predicted octanol–water partition coefficient (Wildman–Crippen LogP) is -0.0564. The fourth-order valence-electron chi connectivity index (χ4n) is 3.03. The maximum Gasteiger partial charge on any atom is 0.251 e. The van der Waals surface area contributed by atoms with Crippen molar-refractivity contribution in [2.45, 2.75) is 29.9 Å². The molecule has 26 heavy (non-hydrogen) atoms. The summed E-state index contributed by atoms with van der Waals surface area (Å²) in [5.41, 5.74) is 6.15. The number of carbonyl (C=O) groups excluding carboxylic acids is 1. The minimum atomic E-state index is -3.62. The molecule has 2 aliphatic heterocycles. The van der Waals surface area contributed by atoms with E-state index in [0.717, 1.165) is 0 Å². The molecule has 0 saturated carbocycles. The number of benzene rings is 1. The Morgan fingerprint density at radius 2 is 2.04 bits per heavy atom. The molecule has 2 aliphatic rings. The first-order chi connectivity index (χ1) is 12.5. The molecule has 9 heteroatoms. The van der Waals surface area contributed by atoms with E-state index in [4.69, 9.17) is 15.2 Å². The molecule has 1 aromatic rings. The topological polar surface area (TPSA) is 111 Å². The number of nitrogens with zero attached hydrogens (tertiary/aromatic N) is 1. The first-order valence-corrected chi connectivity index (χ1v) is 10.2. The van der Waals surface area contributed by atoms with E-state index in [0.29, 0.717) is 57.9 Å². The molecule has 0 bridgehead atoms. The average molecular weight is 383 g/mol. The smallest absolute Gasteiger partial charge is 0.251 e. The Balaban J connectivity index is 1.66. The van der Waals surface area contributed by atoms with Crippen LogP contribution in [0.3, 0.4) is 0 Å². The van der Waals surface area contributed by atoms with E-state index in [1.54, 1.807) is 12.1 Å². The molecule has 0 aromatic heterocycles. The van der Waals surface area contributed by atoms with Gasteiger partial charge in [0.1, 0.15) is 0 Å². The van der Waals surface area contributed by atoms with Gasteiger partial charge in [0, 0.05) is 31.2 Å². The van der Waals surface area contributed by atoms with E-state index < -0.39 is 10.0 Å². The van der Waals surface area contributed by atoms with Crippen molar-refractivity contribution in [3.8, 4) is 0 Å². The molecule has 8 nitrogen and oxygen atoms in total. The van der Waals surface area contributed by atoms with Crippen LogP contribution in [-0.2, 0) is 19.5 Å². The van der Waals surface area contributed by atoms with Gasteiger partial charge in [-0.3, -0.25) is 4.79 Å². The van der Waals surface area contributed by atoms with E-state index in [-0.39, 0.29) is 22.9 Å². The van der Waals surface area contributed by atoms with Crippen molar-refractivity contribution in [3.63, 3.8) is 0 Å². The molecule has 3 rings (SSSR count). The van der Waals surface area contributed by atoms with Crippen molar-refractivity contribution in [1.82, 2.24) is 9.62 Å². The Morgan fingerprint density at radius 1 is 1.27 bits per heavy atom. The van der Waals surface area contributed by atoms with E-state index in [9.17, 15) is 13.2 Å². The number of hydrogen-bond donors (Lipinski definition) is 2. The number of sulfonamides is 1. The zero-order chi connectivity index (χ0) is 18.6. The van der Waals surface area contributed by atoms with Gasteiger partial charge in [-0.25, -0.2) is 8.42 Å². The summed E-state index contributed by atoms with van der Waals surface area (Å²) in [7, 11) is -3.62. The van der Waals surface area contributed by atoms with Crippen LogP contribution in [0, 0.1) is 0 Å². The lowest BCUT2D eigenvalue weighted by Gasteiger charge is -2.29. The SMILES string of the molecule is NC1CCN(S(=O)(=O)c2cccc(C(=O)NCC3COCCO3)c2)CC1. The van der Waals surface area contributed by atoms with Gasteiger partial charge in [0.25, 0.3) is 5.91 Å². The molecule has 0 aliphatic carbocycles. The highest BCUT2D eigenvalue weighted by atomic mass is 32.2. The van der Waals surface area contributed by atoms with Gasteiger partial charge in [-0.1, -0.05) is 6.07 Å².